The normalized spacial score (nSPS) is 13.6. The second-order valence-corrected chi connectivity index (χ2v) is 5.46. The van der Waals surface area contributed by atoms with Crippen molar-refractivity contribution >= 4 is 15.9 Å². The molecule has 3 N–H and O–H groups in total. The largest absolute Gasteiger partial charge is 0.493 e. The minimum Gasteiger partial charge on any atom is -0.493 e. The molecule has 0 aliphatic rings. The third-order valence-corrected chi connectivity index (χ3v) is 4.03. The molecule has 0 fully saturated rings. The van der Waals surface area contributed by atoms with Crippen molar-refractivity contribution < 1.29 is 14.6 Å². The summed E-state index contributed by atoms with van der Waals surface area (Å²) >= 11 is 3.44. The summed E-state index contributed by atoms with van der Waals surface area (Å²) in [7, 11) is 3.12. The predicted octanol–water partition coefficient (Wildman–Crippen LogP) is 3.20. The number of hydrogen-bond donors (Lipinski definition) is 2. The molecule has 0 aromatic heterocycles. The Morgan fingerprint density at radius 2 is 1.62 bits per heavy atom. The van der Waals surface area contributed by atoms with Crippen LogP contribution in [0.1, 0.15) is 23.3 Å². The highest BCUT2D eigenvalue weighted by molar-refractivity contribution is 9.10. The molecule has 2 atom stereocenters. The minimum atomic E-state index is -0.860. The van der Waals surface area contributed by atoms with E-state index in [1.807, 2.05) is 30.3 Å². The number of halogens is 1. The van der Waals surface area contributed by atoms with Crippen LogP contribution in [0.3, 0.4) is 0 Å². The maximum Gasteiger partial charge on any atom is 0.161 e. The first-order valence-electron chi connectivity index (χ1n) is 6.48. The summed E-state index contributed by atoms with van der Waals surface area (Å²) in [4.78, 5) is 0. The average molecular weight is 352 g/mol. The minimum absolute atomic E-state index is 0.527. The molecule has 0 radical (unpaired) electrons. The SMILES string of the molecule is COc1cc(Br)c(C(O)C(N)c2ccccc2)cc1OC. The Kier molecular flexibility index (Phi) is 5.22. The zero-order chi connectivity index (χ0) is 15.4. The van der Waals surface area contributed by atoms with E-state index in [0.717, 1.165) is 10.0 Å². The van der Waals surface area contributed by atoms with E-state index < -0.39 is 12.1 Å². The van der Waals surface area contributed by atoms with Gasteiger partial charge in [0.25, 0.3) is 0 Å². The van der Waals surface area contributed by atoms with Crippen LogP contribution in [0.15, 0.2) is 46.9 Å². The summed E-state index contributed by atoms with van der Waals surface area (Å²) in [5.74, 6) is 1.14. The van der Waals surface area contributed by atoms with Gasteiger partial charge in [0.05, 0.1) is 26.4 Å². The van der Waals surface area contributed by atoms with E-state index >= 15 is 0 Å². The lowest BCUT2D eigenvalue weighted by atomic mass is 9.96. The van der Waals surface area contributed by atoms with Gasteiger partial charge in [-0.3, -0.25) is 0 Å². The van der Waals surface area contributed by atoms with Crippen LogP contribution in [0.2, 0.25) is 0 Å². The Labute approximate surface area is 132 Å². The second kappa shape index (κ2) is 6.93. The first-order chi connectivity index (χ1) is 10.1. The molecule has 0 aliphatic heterocycles. The first-order valence-corrected chi connectivity index (χ1v) is 7.27. The van der Waals surface area contributed by atoms with Gasteiger partial charge in [-0.25, -0.2) is 0 Å². The lowest BCUT2D eigenvalue weighted by Gasteiger charge is -2.22. The molecule has 0 aliphatic carbocycles. The van der Waals surface area contributed by atoms with Gasteiger partial charge in [-0.05, 0) is 17.7 Å². The van der Waals surface area contributed by atoms with E-state index in [1.54, 1.807) is 26.4 Å². The number of aliphatic hydroxyl groups is 1. The highest BCUT2D eigenvalue weighted by atomic mass is 79.9. The fourth-order valence-corrected chi connectivity index (χ4v) is 2.70. The van der Waals surface area contributed by atoms with Gasteiger partial charge in [0.2, 0.25) is 0 Å². The van der Waals surface area contributed by atoms with Gasteiger partial charge in [0, 0.05) is 10.0 Å². The lowest BCUT2D eigenvalue weighted by molar-refractivity contribution is 0.145. The third kappa shape index (κ3) is 3.37. The van der Waals surface area contributed by atoms with Gasteiger partial charge in [-0.15, -0.1) is 0 Å². The molecule has 2 rings (SSSR count). The highest BCUT2D eigenvalue weighted by Gasteiger charge is 2.23. The van der Waals surface area contributed by atoms with E-state index in [0.29, 0.717) is 17.1 Å². The van der Waals surface area contributed by atoms with Gasteiger partial charge < -0.3 is 20.3 Å². The molecule has 0 spiro atoms. The molecule has 21 heavy (non-hydrogen) atoms. The molecular weight excluding hydrogens is 334 g/mol. The second-order valence-electron chi connectivity index (χ2n) is 4.61. The van der Waals surface area contributed by atoms with Gasteiger partial charge in [-0.2, -0.15) is 0 Å². The Morgan fingerprint density at radius 1 is 1.05 bits per heavy atom. The van der Waals surface area contributed by atoms with E-state index in [2.05, 4.69) is 15.9 Å². The number of aliphatic hydroxyl groups excluding tert-OH is 1. The Morgan fingerprint density at radius 3 is 2.19 bits per heavy atom. The van der Waals surface area contributed by atoms with Crippen molar-refractivity contribution in [3.63, 3.8) is 0 Å². The monoisotopic (exact) mass is 351 g/mol. The molecule has 4 nitrogen and oxygen atoms in total. The molecule has 0 bridgehead atoms. The van der Waals surface area contributed by atoms with Crippen molar-refractivity contribution in [2.24, 2.45) is 5.73 Å². The quantitative estimate of drug-likeness (QED) is 0.867. The molecule has 0 heterocycles. The molecule has 5 heteroatoms. The molecular formula is C16H18BrNO3. The maximum absolute atomic E-state index is 10.6. The summed E-state index contributed by atoms with van der Waals surface area (Å²) in [5, 5.41) is 10.6. The van der Waals surface area contributed by atoms with Crippen LogP contribution in [-0.2, 0) is 0 Å². The van der Waals surface area contributed by atoms with Crippen molar-refractivity contribution in [2.75, 3.05) is 14.2 Å². The van der Waals surface area contributed by atoms with Gasteiger partial charge >= 0.3 is 0 Å². The average Bonchev–Trinajstić information content (AvgIpc) is 2.54. The number of hydrogen-bond acceptors (Lipinski definition) is 4. The van der Waals surface area contributed by atoms with Gasteiger partial charge in [0.1, 0.15) is 0 Å². The van der Waals surface area contributed by atoms with Crippen molar-refractivity contribution in [1.82, 2.24) is 0 Å². The molecule has 0 saturated heterocycles. The van der Waals surface area contributed by atoms with Gasteiger partial charge in [-0.1, -0.05) is 46.3 Å². The lowest BCUT2D eigenvalue weighted by Crippen LogP contribution is -2.20. The maximum atomic E-state index is 10.6. The Bertz CT molecular complexity index is 604. The summed E-state index contributed by atoms with van der Waals surface area (Å²) in [6.07, 6.45) is -0.860. The third-order valence-electron chi connectivity index (χ3n) is 3.35. The molecule has 112 valence electrons. The van der Waals surface area contributed by atoms with Crippen molar-refractivity contribution in [1.29, 1.82) is 0 Å². The summed E-state index contributed by atoms with van der Waals surface area (Å²) in [5.41, 5.74) is 7.68. The van der Waals surface area contributed by atoms with Crippen molar-refractivity contribution in [2.45, 2.75) is 12.1 Å². The van der Waals surface area contributed by atoms with E-state index in [-0.39, 0.29) is 0 Å². The van der Waals surface area contributed by atoms with Crippen LogP contribution in [0.4, 0.5) is 0 Å². The fraction of sp³-hybridized carbons (Fsp3) is 0.250. The Balaban J connectivity index is 2.37. The van der Waals surface area contributed by atoms with E-state index in [4.69, 9.17) is 15.2 Å². The zero-order valence-corrected chi connectivity index (χ0v) is 13.5. The molecule has 2 aromatic rings. The van der Waals surface area contributed by atoms with Crippen molar-refractivity contribution in [3.8, 4) is 11.5 Å². The van der Waals surface area contributed by atoms with Crippen LogP contribution < -0.4 is 15.2 Å². The van der Waals surface area contributed by atoms with Crippen LogP contribution in [0.25, 0.3) is 0 Å². The number of nitrogens with two attached hydrogens (primary N) is 1. The Hall–Kier alpha value is -1.56. The predicted molar refractivity (Wildman–Crippen MR) is 85.6 cm³/mol. The smallest absolute Gasteiger partial charge is 0.161 e. The number of methoxy groups -OCH3 is 2. The number of ether oxygens (including phenoxy) is 2. The number of benzene rings is 2. The van der Waals surface area contributed by atoms with Crippen LogP contribution in [-0.4, -0.2) is 19.3 Å². The zero-order valence-electron chi connectivity index (χ0n) is 11.9. The van der Waals surface area contributed by atoms with Gasteiger partial charge in [0.15, 0.2) is 11.5 Å². The van der Waals surface area contributed by atoms with Crippen LogP contribution in [0.5, 0.6) is 11.5 Å². The fourth-order valence-electron chi connectivity index (χ4n) is 2.15. The number of rotatable bonds is 5. The molecule has 0 saturated carbocycles. The van der Waals surface area contributed by atoms with Crippen LogP contribution in [0, 0.1) is 0 Å². The van der Waals surface area contributed by atoms with E-state index in [1.165, 1.54) is 0 Å². The van der Waals surface area contributed by atoms with E-state index in [9.17, 15) is 5.11 Å². The highest BCUT2D eigenvalue weighted by Crippen LogP contribution is 2.39. The molecule has 0 amide bonds. The summed E-state index contributed by atoms with van der Waals surface area (Å²) < 4.78 is 11.2. The standard InChI is InChI=1S/C16H18BrNO3/c1-20-13-8-11(12(17)9-14(13)21-2)16(19)15(18)10-6-4-3-5-7-10/h3-9,15-16,19H,18H2,1-2H3. The summed E-state index contributed by atoms with van der Waals surface area (Å²) in [6, 6.07) is 12.4. The summed E-state index contributed by atoms with van der Waals surface area (Å²) in [6.45, 7) is 0. The van der Waals surface area contributed by atoms with Crippen LogP contribution >= 0.6 is 15.9 Å². The molecule has 2 aromatic carbocycles. The van der Waals surface area contributed by atoms with Crippen molar-refractivity contribution in [3.05, 3.63) is 58.1 Å². The topological polar surface area (TPSA) is 64.7 Å². The first kappa shape index (κ1) is 15.8. The molecule has 2 unspecified atom stereocenters.